The number of benzene rings is 1. The molecule has 1 aromatic heterocycles. The van der Waals surface area contributed by atoms with Crippen molar-refractivity contribution in [1.82, 2.24) is 9.88 Å². The lowest BCUT2D eigenvalue weighted by Crippen LogP contribution is -2.50. The summed E-state index contributed by atoms with van der Waals surface area (Å²) in [7, 11) is 1.78. The quantitative estimate of drug-likeness (QED) is 0.804. The zero-order valence-electron chi connectivity index (χ0n) is 9.97. The van der Waals surface area contributed by atoms with E-state index >= 15 is 0 Å². The smallest absolute Gasteiger partial charge is 0.0825 e. The summed E-state index contributed by atoms with van der Waals surface area (Å²) >= 11 is 0. The number of pyridine rings is 1. The monoisotopic (exact) mass is 228 g/mol. The Bertz CT molecular complexity index is 515. The average molecular weight is 228 g/mol. The number of hydrogen-bond acceptors (Lipinski definition) is 3. The van der Waals surface area contributed by atoms with Gasteiger partial charge in [0.15, 0.2) is 0 Å². The third-order valence-corrected chi connectivity index (χ3v) is 3.39. The minimum absolute atomic E-state index is 0.420. The first-order valence-electron chi connectivity index (χ1n) is 5.94. The zero-order valence-corrected chi connectivity index (χ0v) is 9.97. The molecule has 3 rings (SSSR count). The molecule has 1 aliphatic heterocycles. The Morgan fingerprint density at radius 2 is 2.12 bits per heavy atom. The molecule has 0 aliphatic carbocycles. The number of fused-ring (bicyclic) bond motifs is 1. The van der Waals surface area contributed by atoms with Gasteiger partial charge in [-0.15, -0.1) is 0 Å². The molecule has 0 saturated carbocycles. The first-order chi connectivity index (χ1) is 8.36. The van der Waals surface area contributed by atoms with Gasteiger partial charge in [0.1, 0.15) is 0 Å². The van der Waals surface area contributed by atoms with Gasteiger partial charge in [-0.1, -0.05) is 18.2 Å². The fourth-order valence-electron chi connectivity index (χ4n) is 2.33. The van der Waals surface area contributed by atoms with E-state index in [2.05, 4.69) is 34.1 Å². The molecule has 0 unspecified atom stereocenters. The SMILES string of the molecule is COC1CN(Cc2ccnc3ccccc23)C1. The van der Waals surface area contributed by atoms with Gasteiger partial charge in [0.25, 0.3) is 0 Å². The summed E-state index contributed by atoms with van der Waals surface area (Å²) in [6.45, 7) is 3.06. The van der Waals surface area contributed by atoms with E-state index in [0.29, 0.717) is 6.10 Å². The molecular formula is C14H16N2O. The Labute approximate surface area is 101 Å². The molecule has 2 heterocycles. The number of hydrogen-bond donors (Lipinski definition) is 0. The molecule has 88 valence electrons. The van der Waals surface area contributed by atoms with Crippen LogP contribution in [0.15, 0.2) is 36.5 Å². The molecule has 0 amide bonds. The van der Waals surface area contributed by atoms with E-state index in [-0.39, 0.29) is 0 Å². The number of likely N-dealkylation sites (tertiary alicyclic amines) is 1. The molecule has 17 heavy (non-hydrogen) atoms. The summed E-state index contributed by atoms with van der Waals surface area (Å²) in [6, 6.07) is 10.4. The zero-order chi connectivity index (χ0) is 11.7. The van der Waals surface area contributed by atoms with E-state index in [9.17, 15) is 0 Å². The number of nitrogens with zero attached hydrogens (tertiary/aromatic N) is 2. The minimum atomic E-state index is 0.420. The van der Waals surface area contributed by atoms with E-state index in [1.807, 2.05) is 12.3 Å². The fourth-order valence-corrected chi connectivity index (χ4v) is 2.33. The molecule has 2 aromatic rings. The van der Waals surface area contributed by atoms with Crippen molar-refractivity contribution in [2.75, 3.05) is 20.2 Å². The van der Waals surface area contributed by atoms with Crippen LogP contribution >= 0.6 is 0 Å². The maximum Gasteiger partial charge on any atom is 0.0825 e. The van der Waals surface area contributed by atoms with E-state index < -0.39 is 0 Å². The number of rotatable bonds is 3. The van der Waals surface area contributed by atoms with Gasteiger partial charge in [-0.25, -0.2) is 0 Å². The topological polar surface area (TPSA) is 25.4 Å². The Balaban J connectivity index is 1.81. The second-order valence-electron chi connectivity index (χ2n) is 4.54. The average Bonchev–Trinajstić information content (AvgIpc) is 2.33. The van der Waals surface area contributed by atoms with Crippen LogP contribution in [-0.2, 0) is 11.3 Å². The third kappa shape index (κ3) is 2.04. The van der Waals surface area contributed by atoms with Gasteiger partial charge in [-0.3, -0.25) is 9.88 Å². The highest BCUT2D eigenvalue weighted by Crippen LogP contribution is 2.21. The normalized spacial score (nSPS) is 17.2. The predicted molar refractivity (Wildman–Crippen MR) is 67.8 cm³/mol. The van der Waals surface area contributed by atoms with Crippen molar-refractivity contribution in [3.63, 3.8) is 0 Å². The lowest BCUT2D eigenvalue weighted by molar-refractivity contribution is -0.0332. The molecule has 0 spiro atoms. The number of ether oxygens (including phenoxy) is 1. The van der Waals surface area contributed by atoms with Crippen LogP contribution < -0.4 is 0 Å². The van der Waals surface area contributed by atoms with E-state index in [0.717, 1.165) is 25.2 Å². The lowest BCUT2D eigenvalue weighted by Gasteiger charge is -2.38. The highest BCUT2D eigenvalue weighted by atomic mass is 16.5. The maximum atomic E-state index is 5.29. The Hall–Kier alpha value is -1.45. The molecule has 3 nitrogen and oxygen atoms in total. The number of para-hydroxylation sites is 1. The highest BCUT2D eigenvalue weighted by Gasteiger charge is 2.26. The van der Waals surface area contributed by atoms with Crippen LogP contribution in [0.2, 0.25) is 0 Å². The minimum Gasteiger partial charge on any atom is -0.379 e. The summed E-state index contributed by atoms with van der Waals surface area (Å²) in [5.74, 6) is 0. The van der Waals surface area contributed by atoms with Crippen LogP contribution in [0.1, 0.15) is 5.56 Å². The molecule has 1 fully saturated rings. The Morgan fingerprint density at radius 1 is 1.29 bits per heavy atom. The molecule has 1 aromatic carbocycles. The fraction of sp³-hybridized carbons (Fsp3) is 0.357. The van der Waals surface area contributed by atoms with Crippen LogP contribution in [0.25, 0.3) is 10.9 Å². The standard InChI is InChI=1S/C14H16N2O/c1-17-12-9-16(10-12)8-11-6-7-15-14-5-3-2-4-13(11)14/h2-7,12H,8-10H2,1H3. The van der Waals surface area contributed by atoms with Crippen LogP contribution in [0.3, 0.4) is 0 Å². The summed E-state index contributed by atoms with van der Waals surface area (Å²) in [5, 5.41) is 1.26. The third-order valence-electron chi connectivity index (χ3n) is 3.39. The van der Waals surface area contributed by atoms with Gasteiger partial charge in [-0.05, 0) is 17.7 Å². The van der Waals surface area contributed by atoms with Gasteiger partial charge in [-0.2, -0.15) is 0 Å². The Morgan fingerprint density at radius 3 is 2.94 bits per heavy atom. The van der Waals surface area contributed by atoms with Crippen LogP contribution in [-0.4, -0.2) is 36.2 Å². The Kier molecular flexibility index (Phi) is 2.79. The molecule has 0 N–H and O–H groups in total. The molecule has 0 bridgehead atoms. The first-order valence-corrected chi connectivity index (χ1v) is 5.94. The van der Waals surface area contributed by atoms with Crippen molar-refractivity contribution in [3.8, 4) is 0 Å². The summed E-state index contributed by atoms with van der Waals surface area (Å²) < 4.78 is 5.29. The summed E-state index contributed by atoms with van der Waals surface area (Å²) in [6.07, 6.45) is 2.31. The van der Waals surface area contributed by atoms with Gasteiger partial charge in [0, 0.05) is 38.3 Å². The molecule has 0 atom stereocenters. The summed E-state index contributed by atoms with van der Waals surface area (Å²) in [5.41, 5.74) is 2.43. The van der Waals surface area contributed by atoms with Gasteiger partial charge in [0.05, 0.1) is 11.6 Å². The maximum absolute atomic E-state index is 5.29. The van der Waals surface area contributed by atoms with E-state index in [1.165, 1.54) is 10.9 Å². The molecule has 1 aliphatic rings. The molecule has 3 heteroatoms. The second kappa shape index (κ2) is 4.43. The van der Waals surface area contributed by atoms with E-state index in [4.69, 9.17) is 4.74 Å². The van der Waals surface area contributed by atoms with Gasteiger partial charge in [0.2, 0.25) is 0 Å². The highest BCUT2D eigenvalue weighted by molar-refractivity contribution is 5.81. The van der Waals surface area contributed by atoms with Crippen molar-refractivity contribution in [3.05, 3.63) is 42.1 Å². The lowest BCUT2D eigenvalue weighted by atomic mass is 10.1. The first kappa shape index (κ1) is 10.7. The molecule has 0 radical (unpaired) electrons. The predicted octanol–water partition coefficient (Wildman–Crippen LogP) is 2.07. The largest absolute Gasteiger partial charge is 0.379 e. The van der Waals surface area contributed by atoms with Crippen molar-refractivity contribution in [1.29, 1.82) is 0 Å². The second-order valence-corrected chi connectivity index (χ2v) is 4.54. The summed E-state index contributed by atoms with van der Waals surface area (Å²) in [4.78, 5) is 6.78. The van der Waals surface area contributed by atoms with Crippen LogP contribution in [0.5, 0.6) is 0 Å². The van der Waals surface area contributed by atoms with Crippen molar-refractivity contribution >= 4 is 10.9 Å². The number of aromatic nitrogens is 1. The van der Waals surface area contributed by atoms with Crippen molar-refractivity contribution < 1.29 is 4.74 Å². The number of methoxy groups -OCH3 is 1. The van der Waals surface area contributed by atoms with Crippen molar-refractivity contribution in [2.45, 2.75) is 12.6 Å². The van der Waals surface area contributed by atoms with Gasteiger partial charge < -0.3 is 4.74 Å². The van der Waals surface area contributed by atoms with E-state index in [1.54, 1.807) is 7.11 Å². The van der Waals surface area contributed by atoms with Crippen LogP contribution in [0, 0.1) is 0 Å². The van der Waals surface area contributed by atoms with Crippen LogP contribution in [0.4, 0.5) is 0 Å². The van der Waals surface area contributed by atoms with Crippen molar-refractivity contribution in [2.24, 2.45) is 0 Å². The van der Waals surface area contributed by atoms with Gasteiger partial charge >= 0.3 is 0 Å². The molecular weight excluding hydrogens is 212 g/mol. The molecule has 1 saturated heterocycles.